The standard InChI is InChI=1S/C22H22ClN5O3S/c1-14-6-9-24-18(12-14)25-20(30)15-7-10-28(11-8-15)19(29)13-32-22-27-26-21(31-22)16-2-4-17(23)5-3-16/h2-6,9,12,15H,7-8,10-11,13H2,1H3,(H,24,25,30). The van der Waals surface area contributed by atoms with Crippen LogP contribution in [0.2, 0.25) is 5.02 Å². The van der Waals surface area contributed by atoms with Gasteiger partial charge in [-0.05, 0) is 61.7 Å². The van der Waals surface area contributed by atoms with E-state index in [-0.39, 0.29) is 23.5 Å². The molecule has 0 bridgehead atoms. The quantitative estimate of drug-likeness (QED) is 0.541. The van der Waals surface area contributed by atoms with Crippen molar-refractivity contribution < 1.29 is 14.0 Å². The summed E-state index contributed by atoms with van der Waals surface area (Å²) in [5.74, 6) is 0.943. The highest BCUT2D eigenvalue weighted by Gasteiger charge is 2.27. The molecule has 1 fully saturated rings. The Morgan fingerprint density at radius 3 is 2.66 bits per heavy atom. The number of amides is 2. The molecule has 10 heteroatoms. The summed E-state index contributed by atoms with van der Waals surface area (Å²) in [5.41, 5.74) is 1.80. The number of nitrogens with zero attached hydrogens (tertiary/aromatic N) is 4. The lowest BCUT2D eigenvalue weighted by molar-refractivity contribution is -0.132. The SMILES string of the molecule is Cc1ccnc(NC(=O)C2CCN(C(=O)CSc3nnc(-c4ccc(Cl)cc4)o3)CC2)c1. The van der Waals surface area contributed by atoms with Crippen LogP contribution >= 0.6 is 23.4 Å². The normalized spacial score (nSPS) is 14.4. The Hall–Kier alpha value is -2.91. The van der Waals surface area contributed by atoms with Gasteiger partial charge in [-0.25, -0.2) is 4.98 Å². The van der Waals surface area contributed by atoms with Crippen LogP contribution in [-0.2, 0) is 9.59 Å². The Morgan fingerprint density at radius 2 is 1.94 bits per heavy atom. The maximum absolute atomic E-state index is 12.6. The van der Waals surface area contributed by atoms with Crippen LogP contribution in [0.15, 0.2) is 52.2 Å². The number of halogens is 1. The molecule has 1 N–H and O–H groups in total. The highest BCUT2D eigenvalue weighted by molar-refractivity contribution is 7.99. The number of aromatic nitrogens is 3. The number of hydrogen-bond acceptors (Lipinski definition) is 7. The highest BCUT2D eigenvalue weighted by atomic mass is 35.5. The Balaban J connectivity index is 1.23. The molecular weight excluding hydrogens is 450 g/mol. The molecule has 1 saturated heterocycles. The summed E-state index contributed by atoms with van der Waals surface area (Å²) in [6, 6.07) is 10.8. The molecule has 4 rings (SSSR count). The van der Waals surface area contributed by atoms with Crippen molar-refractivity contribution in [3.63, 3.8) is 0 Å². The Bertz CT molecular complexity index is 1100. The van der Waals surface area contributed by atoms with Gasteiger partial charge in [0.15, 0.2) is 0 Å². The molecule has 2 amide bonds. The number of rotatable bonds is 6. The Morgan fingerprint density at radius 1 is 1.19 bits per heavy atom. The smallest absolute Gasteiger partial charge is 0.277 e. The second-order valence-electron chi connectivity index (χ2n) is 7.53. The van der Waals surface area contributed by atoms with Crippen molar-refractivity contribution in [1.29, 1.82) is 0 Å². The number of likely N-dealkylation sites (tertiary alicyclic amines) is 1. The minimum Gasteiger partial charge on any atom is -0.411 e. The van der Waals surface area contributed by atoms with Gasteiger partial charge in [0.25, 0.3) is 5.22 Å². The average molecular weight is 472 g/mol. The van der Waals surface area contributed by atoms with E-state index in [0.717, 1.165) is 11.1 Å². The molecule has 2 aromatic heterocycles. The summed E-state index contributed by atoms with van der Waals surface area (Å²) >= 11 is 7.10. The van der Waals surface area contributed by atoms with Gasteiger partial charge >= 0.3 is 0 Å². The first kappa shape index (κ1) is 22.3. The van der Waals surface area contributed by atoms with Crippen LogP contribution in [0, 0.1) is 12.8 Å². The number of nitrogens with one attached hydrogen (secondary N) is 1. The summed E-state index contributed by atoms with van der Waals surface area (Å²) in [4.78, 5) is 31.0. The van der Waals surface area contributed by atoms with Crippen LogP contribution in [0.1, 0.15) is 18.4 Å². The molecule has 0 saturated carbocycles. The number of carbonyl (C=O) groups excluding carboxylic acids is 2. The van der Waals surface area contributed by atoms with Gasteiger partial charge in [-0.1, -0.05) is 23.4 Å². The number of piperidine rings is 1. The maximum Gasteiger partial charge on any atom is 0.277 e. The lowest BCUT2D eigenvalue weighted by atomic mass is 9.96. The van der Waals surface area contributed by atoms with Crippen molar-refractivity contribution in [3.8, 4) is 11.5 Å². The largest absolute Gasteiger partial charge is 0.411 e. The lowest BCUT2D eigenvalue weighted by Gasteiger charge is -2.31. The molecule has 0 spiro atoms. The van der Waals surface area contributed by atoms with Gasteiger partial charge in [0.05, 0.1) is 5.75 Å². The van der Waals surface area contributed by atoms with Crippen LogP contribution in [0.25, 0.3) is 11.5 Å². The Labute approximate surface area is 194 Å². The molecule has 0 atom stereocenters. The van der Waals surface area contributed by atoms with Gasteiger partial charge in [-0.3, -0.25) is 9.59 Å². The maximum atomic E-state index is 12.6. The van der Waals surface area contributed by atoms with Gasteiger partial charge in [0.1, 0.15) is 5.82 Å². The molecule has 0 unspecified atom stereocenters. The first-order chi connectivity index (χ1) is 15.5. The first-order valence-electron chi connectivity index (χ1n) is 10.2. The zero-order chi connectivity index (χ0) is 22.5. The summed E-state index contributed by atoms with van der Waals surface area (Å²) in [6.45, 7) is 3.03. The number of benzene rings is 1. The predicted octanol–water partition coefficient (Wildman–Crippen LogP) is 4.06. The molecular formula is C22H22ClN5O3S. The molecule has 1 aliphatic rings. The third-order valence-electron chi connectivity index (χ3n) is 5.20. The topological polar surface area (TPSA) is 101 Å². The van der Waals surface area contributed by atoms with Crippen molar-refractivity contribution in [2.75, 3.05) is 24.2 Å². The zero-order valence-electron chi connectivity index (χ0n) is 17.5. The van der Waals surface area contributed by atoms with Gasteiger partial charge in [0, 0.05) is 35.8 Å². The van der Waals surface area contributed by atoms with E-state index in [1.807, 2.05) is 19.1 Å². The third kappa shape index (κ3) is 5.66. The van der Waals surface area contributed by atoms with E-state index >= 15 is 0 Å². The van der Waals surface area contributed by atoms with Crippen molar-refractivity contribution in [2.24, 2.45) is 5.92 Å². The summed E-state index contributed by atoms with van der Waals surface area (Å²) in [6.07, 6.45) is 2.91. The minimum absolute atomic E-state index is 0.0135. The molecule has 3 heterocycles. The molecule has 166 valence electrons. The van der Waals surface area contributed by atoms with Gasteiger partial charge < -0.3 is 14.6 Å². The van der Waals surface area contributed by atoms with Crippen LogP contribution in [0.3, 0.4) is 0 Å². The van der Waals surface area contributed by atoms with Crippen LogP contribution < -0.4 is 5.32 Å². The fourth-order valence-electron chi connectivity index (χ4n) is 3.42. The molecule has 1 aromatic carbocycles. The summed E-state index contributed by atoms with van der Waals surface area (Å²) in [5, 5.41) is 11.8. The minimum atomic E-state index is -0.133. The summed E-state index contributed by atoms with van der Waals surface area (Å²) < 4.78 is 5.63. The molecule has 0 aliphatic carbocycles. The van der Waals surface area contributed by atoms with E-state index in [9.17, 15) is 9.59 Å². The van der Waals surface area contributed by atoms with Crippen molar-refractivity contribution in [1.82, 2.24) is 20.1 Å². The van der Waals surface area contributed by atoms with Crippen LogP contribution in [0.5, 0.6) is 0 Å². The van der Waals surface area contributed by atoms with E-state index in [4.69, 9.17) is 16.0 Å². The lowest BCUT2D eigenvalue weighted by Crippen LogP contribution is -2.42. The second-order valence-corrected chi connectivity index (χ2v) is 8.89. The molecule has 0 radical (unpaired) electrons. The first-order valence-corrected chi connectivity index (χ1v) is 11.6. The van der Waals surface area contributed by atoms with Crippen LogP contribution in [-0.4, -0.2) is 50.7 Å². The van der Waals surface area contributed by atoms with E-state index < -0.39 is 0 Å². The Kier molecular flexibility index (Phi) is 7.06. The van der Waals surface area contributed by atoms with E-state index in [1.54, 1.807) is 35.4 Å². The highest BCUT2D eigenvalue weighted by Crippen LogP contribution is 2.25. The van der Waals surface area contributed by atoms with Crippen molar-refractivity contribution in [2.45, 2.75) is 25.0 Å². The summed E-state index contributed by atoms with van der Waals surface area (Å²) in [7, 11) is 0. The second kappa shape index (κ2) is 10.1. The number of carbonyl (C=O) groups is 2. The number of hydrogen-bond donors (Lipinski definition) is 1. The van der Waals surface area contributed by atoms with Gasteiger partial charge in [-0.2, -0.15) is 0 Å². The predicted molar refractivity (Wildman–Crippen MR) is 122 cm³/mol. The van der Waals surface area contributed by atoms with Crippen LogP contribution in [0.4, 0.5) is 5.82 Å². The number of pyridine rings is 1. The molecule has 1 aliphatic heterocycles. The zero-order valence-corrected chi connectivity index (χ0v) is 19.0. The van der Waals surface area contributed by atoms with Gasteiger partial charge in [0.2, 0.25) is 17.7 Å². The van der Waals surface area contributed by atoms with Crippen molar-refractivity contribution in [3.05, 3.63) is 53.2 Å². The van der Waals surface area contributed by atoms with E-state index in [0.29, 0.717) is 47.9 Å². The molecule has 3 aromatic rings. The monoisotopic (exact) mass is 471 g/mol. The van der Waals surface area contributed by atoms with Crippen molar-refractivity contribution >= 4 is 41.0 Å². The molecule has 8 nitrogen and oxygen atoms in total. The fraction of sp³-hybridized carbons (Fsp3) is 0.318. The van der Waals surface area contributed by atoms with Gasteiger partial charge in [-0.15, -0.1) is 10.2 Å². The van der Waals surface area contributed by atoms with E-state index in [1.165, 1.54) is 11.8 Å². The number of thioether (sulfide) groups is 1. The number of aryl methyl sites for hydroxylation is 1. The number of anilines is 1. The fourth-order valence-corrected chi connectivity index (χ4v) is 4.21. The van der Waals surface area contributed by atoms with E-state index in [2.05, 4.69) is 20.5 Å². The third-order valence-corrected chi connectivity index (χ3v) is 6.26. The molecule has 32 heavy (non-hydrogen) atoms. The average Bonchev–Trinajstić information content (AvgIpc) is 3.27.